The highest BCUT2D eigenvalue weighted by Gasteiger charge is 2.78. The lowest BCUT2D eigenvalue weighted by Crippen LogP contribution is -2.86. The lowest BCUT2D eigenvalue weighted by Gasteiger charge is -2.60. The first-order valence-electron chi connectivity index (χ1n) is 12.6. The van der Waals surface area contributed by atoms with Crippen LogP contribution < -0.4 is 0 Å². The van der Waals surface area contributed by atoms with Gasteiger partial charge in [0.15, 0.2) is 0 Å². The summed E-state index contributed by atoms with van der Waals surface area (Å²) in [5.41, 5.74) is 0. The maximum atomic E-state index is 9.99. The van der Waals surface area contributed by atoms with Gasteiger partial charge in [-0.25, -0.2) is 0 Å². The zero-order valence-corrected chi connectivity index (χ0v) is 30.6. The number of hydrogen-bond acceptors (Lipinski definition) is 14. The van der Waals surface area contributed by atoms with Crippen molar-refractivity contribution in [2.75, 3.05) is 13.2 Å². The maximum Gasteiger partial charge on any atom is 0.478 e. The minimum atomic E-state index is -3.68. The Morgan fingerprint density at radius 1 is 0.568 bits per heavy atom. The van der Waals surface area contributed by atoms with E-state index in [1.807, 2.05) is 6.92 Å². The van der Waals surface area contributed by atoms with Crippen molar-refractivity contribution in [2.24, 2.45) is 0 Å². The number of rotatable bonds is 8. The summed E-state index contributed by atoms with van der Waals surface area (Å²) in [7, 11) is -28.4. The second kappa shape index (κ2) is 9.60. The van der Waals surface area contributed by atoms with Gasteiger partial charge < -0.3 is 59.2 Å². The first-order valence-corrected chi connectivity index (χ1v) is 30.1. The zero-order chi connectivity index (χ0) is 27.0. The molecule has 0 aromatic rings. The molecule has 14 nitrogen and oxygen atoms in total. The molecule has 1 atom stereocenters. The summed E-state index contributed by atoms with van der Waals surface area (Å²) in [5, 5.41) is 9.99. The predicted molar refractivity (Wildman–Crippen MR) is 141 cm³/mol. The van der Waals surface area contributed by atoms with Crippen LogP contribution in [0.25, 0.3) is 0 Å². The summed E-state index contributed by atoms with van der Waals surface area (Å²) in [6.45, 7) is 14.9. The van der Waals surface area contributed by atoms with Crippen LogP contribution in [-0.4, -0.2) is 94.9 Å². The molecule has 0 aromatic carbocycles. The molecule has 0 aliphatic carbocycles. The fourth-order valence-electron chi connectivity index (χ4n) is 5.56. The van der Waals surface area contributed by atoms with Crippen molar-refractivity contribution in [1.82, 2.24) is 0 Å². The molecule has 6 aliphatic heterocycles. The Bertz CT molecular complexity index is 790. The molecule has 6 fully saturated rings. The lowest BCUT2D eigenvalue weighted by molar-refractivity contribution is -0.0200. The van der Waals surface area contributed by atoms with Gasteiger partial charge in [-0.3, -0.25) is 0 Å². The monoisotopic (exact) mass is 666 g/mol. The van der Waals surface area contributed by atoms with Gasteiger partial charge in [0.2, 0.25) is 0 Å². The molecule has 8 bridgehead atoms. The van der Waals surface area contributed by atoms with Crippen LogP contribution >= 0.6 is 0 Å². The molecule has 214 valence electrons. The van der Waals surface area contributed by atoms with Crippen molar-refractivity contribution in [3.8, 4) is 0 Å². The van der Waals surface area contributed by atoms with E-state index in [2.05, 4.69) is 0 Å². The summed E-state index contributed by atoms with van der Waals surface area (Å²) in [5.74, 6) is 0. The van der Waals surface area contributed by atoms with Crippen LogP contribution in [0.3, 0.4) is 0 Å². The third-order valence-electron chi connectivity index (χ3n) is 6.06. The molecule has 0 amide bonds. The molecule has 6 rings (SSSR count). The molecule has 0 saturated carbocycles. The van der Waals surface area contributed by atoms with E-state index in [1.54, 1.807) is 45.8 Å². The van der Waals surface area contributed by atoms with Gasteiger partial charge in [-0.05, 0) is 12.8 Å². The van der Waals surface area contributed by atoms with E-state index in [9.17, 15) is 5.11 Å². The normalized spacial score (nSPS) is 53.8. The second-order valence-electron chi connectivity index (χ2n) is 10.6. The van der Waals surface area contributed by atoms with Crippen LogP contribution in [-0.2, 0) is 54.1 Å². The maximum absolute atomic E-state index is 9.99. The Labute approximate surface area is 226 Å². The summed E-state index contributed by atoms with van der Waals surface area (Å²) in [4.78, 5) is 0. The summed E-state index contributed by atoms with van der Waals surface area (Å²) in [6, 6.07) is 0.348. The molecule has 6 heterocycles. The van der Waals surface area contributed by atoms with Gasteiger partial charge in [-0.1, -0.05) is 13.3 Å². The van der Waals surface area contributed by atoms with Crippen LogP contribution in [0.5, 0.6) is 0 Å². The van der Waals surface area contributed by atoms with Crippen LogP contribution in [0.1, 0.15) is 26.2 Å². The zero-order valence-electron chi connectivity index (χ0n) is 22.6. The summed E-state index contributed by atoms with van der Waals surface area (Å²) >= 11 is 0. The van der Waals surface area contributed by atoms with E-state index in [0.717, 1.165) is 6.42 Å². The quantitative estimate of drug-likeness (QED) is 0.297. The van der Waals surface area contributed by atoms with Crippen LogP contribution in [0.15, 0.2) is 0 Å². The average molecular weight is 667 g/mol. The van der Waals surface area contributed by atoms with Gasteiger partial charge in [-0.2, -0.15) is 0 Å². The van der Waals surface area contributed by atoms with Crippen molar-refractivity contribution in [2.45, 2.75) is 84.2 Å². The molecule has 0 aromatic heterocycles. The van der Waals surface area contributed by atoms with E-state index in [-0.39, 0.29) is 6.61 Å². The molecule has 6 saturated heterocycles. The van der Waals surface area contributed by atoms with Crippen molar-refractivity contribution in [3.63, 3.8) is 0 Å². The smallest absolute Gasteiger partial charge is 0.391 e. The number of aliphatic hydroxyl groups excluding tert-OH is 1. The first-order chi connectivity index (χ1) is 16.9. The number of hydrogen-bond donors (Lipinski definition) is 1. The molecule has 1 N–H and O–H groups in total. The highest BCUT2D eigenvalue weighted by molar-refractivity contribution is 7.02. The minimum absolute atomic E-state index is 0.258. The molecule has 37 heavy (non-hydrogen) atoms. The molecule has 0 radical (unpaired) electrons. The molecule has 22 heteroatoms. The van der Waals surface area contributed by atoms with Gasteiger partial charge in [0.25, 0.3) is 0 Å². The first kappa shape index (κ1) is 29.7. The van der Waals surface area contributed by atoms with Crippen LogP contribution in [0, 0.1) is 0 Å². The number of aliphatic hydroxyl groups is 1. The third-order valence-corrected chi connectivity index (χ3v) is 41.9. The number of ether oxygens (including phenoxy) is 1. The average Bonchev–Trinajstić information content (AvgIpc) is 2.59. The molecular weight excluding hydrogens is 629 g/mol. The molecular formula is C15H38O14Si8. The molecule has 6 aliphatic rings. The molecule has 1 unspecified atom stereocenters. The summed E-state index contributed by atoms with van der Waals surface area (Å²) < 4.78 is 85.0. The lowest BCUT2D eigenvalue weighted by atomic mass is 10.2. The van der Waals surface area contributed by atoms with Crippen molar-refractivity contribution < 1.29 is 59.2 Å². The fourth-order valence-corrected chi connectivity index (χ4v) is 51.4. The fraction of sp³-hybridized carbons (Fsp3) is 1.00. The summed E-state index contributed by atoms with van der Waals surface area (Å²) in [6.07, 6.45) is 1.60. The van der Waals surface area contributed by atoms with Gasteiger partial charge in [0, 0.05) is 58.5 Å². The van der Waals surface area contributed by atoms with Crippen LogP contribution in [0.4, 0.5) is 0 Å². The van der Waals surface area contributed by atoms with Gasteiger partial charge in [0.1, 0.15) is 0 Å². The Kier molecular flexibility index (Phi) is 7.70. The van der Waals surface area contributed by atoms with Gasteiger partial charge in [-0.15, -0.1) is 0 Å². The standard InChI is InChI=1S/C15H38O14Si8/c1-9-11-15(16)14-17-12-10-13-37-27-34(6)21-31(3)18-30(2)19-32(4,23-34)25-36(8,29-37)26-33(5,20-30)24-35(7,22-31)28-37/h15-16H,9-14H2,1-8H3. The van der Waals surface area contributed by atoms with E-state index in [4.69, 9.17) is 54.1 Å². The van der Waals surface area contributed by atoms with E-state index in [1.165, 1.54) is 0 Å². The Balaban J connectivity index is 1.51. The minimum Gasteiger partial charge on any atom is -0.391 e. The SMILES string of the molecule is CCCC(O)COCCC[Si]12O[Si]3(C)O[Si]4(C)O[Si]5(C)O[Si](C)(O3)O[Si](C)(O[Si](C)(O5)O[Si](C)(O4)O1)O2. The highest BCUT2D eigenvalue weighted by atomic mass is 28.6. The predicted octanol–water partition coefficient (Wildman–Crippen LogP) is 1.74. The molecule has 0 spiro atoms. The van der Waals surface area contributed by atoms with Gasteiger partial charge >= 0.3 is 70.4 Å². The van der Waals surface area contributed by atoms with E-state index < -0.39 is 76.5 Å². The van der Waals surface area contributed by atoms with E-state index >= 15 is 0 Å². The van der Waals surface area contributed by atoms with E-state index in [0.29, 0.717) is 25.5 Å². The van der Waals surface area contributed by atoms with Crippen molar-refractivity contribution in [3.05, 3.63) is 0 Å². The van der Waals surface area contributed by atoms with Crippen LogP contribution in [0.2, 0.25) is 51.9 Å². The highest BCUT2D eigenvalue weighted by Crippen LogP contribution is 2.48. The van der Waals surface area contributed by atoms with Crippen molar-refractivity contribution >= 4 is 70.4 Å². The Hall–Kier alpha value is 1.18. The second-order valence-corrected chi connectivity index (χ2v) is 34.3. The topological polar surface area (TPSA) is 140 Å². The largest absolute Gasteiger partial charge is 0.478 e. The van der Waals surface area contributed by atoms with Crippen molar-refractivity contribution in [1.29, 1.82) is 0 Å². The third kappa shape index (κ3) is 6.34. The van der Waals surface area contributed by atoms with Gasteiger partial charge in [0.05, 0.1) is 12.7 Å². The Morgan fingerprint density at radius 3 is 1.22 bits per heavy atom. The Morgan fingerprint density at radius 2 is 0.892 bits per heavy atom.